The molecule has 1 saturated heterocycles. The van der Waals surface area contributed by atoms with Crippen LogP contribution in [0.4, 0.5) is 10.1 Å². The Labute approximate surface area is 155 Å². The van der Waals surface area contributed by atoms with E-state index in [2.05, 4.69) is 5.32 Å². The third-order valence-corrected chi connectivity index (χ3v) is 5.30. The molecule has 0 unspecified atom stereocenters. The van der Waals surface area contributed by atoms with E-state index in [1.807, 2.05) is 0 Å². The van der Waals surface area contributed by atoms with E-state index in [4.69, 9.17) is 0 Å². The van der Waals surface area contributed by atoms with Gasteiger partial charge in [-0.3, -0.25) is 19.3 Å². The summed E-state index contributed by atoms with van der Waals surface area (Å²) in [5.41, 5.74) is -0.284. The molecule has 2 heterocycles. The topological polar surface area (TPSA) is 69.7 Å². The van der Waals surface area contributed by atoms with E-state index in [1.54, 1.807) is 42.5 Å². The molecule has 4 rings (SSSR count). The molecule has 0 aliphatic carbocycles. The molecule has 2 aliphatic heterocycles. The minimum atomic E-state index is -1.44. The fourth-order valence-corrected chi connectivity index (χ4v) is 3.89. The van der Waals surface area contributed by atoms with Gasteiger partial charge in [0.2, 0.25) is 11.6 Å². The van der Waals surface area contributed by atoms with Crippen LogP contribution >= 0.6 is 0 Å². The van der Waals surface area contributed by atoms with Gasteiger partial charge >= 0.3 is 0 Å². The Morgan fingerprint density at radius 3 is 2.63 bits per heavy atom. The van der Waals surface area contributed by atoms with Gasteiger partial charge in [-0.05, 0) is 18.2 Å². The summed E-state index contributed by atoms with van der Waals surface area (Å²) >= 11 is 0. The van der Waals surface area contributed by atoms with Crippen molar-refractivity contribution in [3.8, 4) is 0 Å². The van der Waals surface area contributed by atoms with Crippen molar-refractivity contribution in [2.45, 2.75) is 25.0 Å². The normalized spacial score (nSPS) is 21.1. The maximum absolute atomic E-state index is 13.9. The quantitative estimate of drug-likeness (QED) is 0.903. The average molecular weight is 367 g/mol. The van der Waals surface area contributed by atoms with E-state index in [0.717, 1.165) is 0 Å². The number of hydrogen-bond donors (Lipinski definition) is 1. The molecule has 1 atom stereocenters. The van der Waals surface area contributed by atoms with Crippen LogP contribution < -0.4 is 10.2 Å². The minimum Gasteiger partial charge on any atom is -0.348 e. The highest BCUT2D eigenvalue weighted by atomic mass is 19.1. The Morgan fingerprint density at radius 1 is 1.15 bits per heavy atom. The number of rotatable bonds is 3. The first-order chi connectivity index (χ1) is 13.0. The van der Waals surface area contributed by atoms with Crippen LogP contribution in [0.1, 0.15) is 28.8 Å². The Hall–Kier alpha value is -3.22. The minimum absolute atomic E-state index is 0.0288. The number of para-hydroxylation sites is 1. The van der Waals surface area contributed by atoms with E-state index in [9.17, 15) is 18.8 Å². The number of likely N-dealkylation sites (N-methyl/N-ethyl adjacent to an activating group) is 1. The molecule has 2 aliphatic rings. The van der Waals surface area contributed by atoms with Crippen LogP contribution in [0, 0.1) is 5.82 Å². The molecule has 138 valence electrons. The fourth-order valence-electron chi connectivity index (χ4n) is 3.89. The summed E-state index contributed by atoms with van der Waals surface area (Å²) in [5, 5.41) is 2.71. The van der Waals surface area contributed by atoms with Crippen LogP contribution in [0.5, 0.6) is 0 Å². The Kier molecular flexibility index (Phi) is 3.95. The van der Waals surface area contributed by atoms with Crippen LogP contribution in [0.2, 0.25) is 0 Å². The second-order valence-electron chi connectivity index (χ2n) is 6.70. The number of carbonyl (C=O) groups excluding carboxylic acids is 3. The Balaban J connectivity index is 1.71. The van der Waals surface area contributed by atoms with Crippen LogP contribution in [0.3, 0.4) is 0 Å². The second kappa shape index (κ2) is 6.19. The molecule has 1 N–H and O–H groups in total. The van der Waals surface area contributed by atoms with Crippen molar-refractivity contribution in [3.63, 3.8) is 0 Å². The van der Waals surface area contributed by atoms with Crippen molar-refractivity contribution in [2.24, 2.45) is 0 Å². The fraction of sp³-hybridized carbons (Fsp3) is 0.250. The van der Waals surface area contributed by atoms with Gasteiger partial charge in [-0.2, -0.15) is 0 Å². The highest BCUT2D eigenvalue weighted by Gasteiger charge is 2.59. The molecule has 27 heavy (non-hydrogen) atoms. The predicted octanol–water partition coefficient (Wildman–Crippen LogP) is 2.05. The number of nitrogens with one attached hydrogen (secondary N) is 1. The molecule has 0 saturated carbocycles. The summed E-state index contributed by atoms with van der Waals surface area (Å²) in [7, 11) is 1.52. The van der Waals surface area contributed by atoms with Gasteiger partial charge in [0.15, 0.2) is 0 Å². The van der Waals surface area contributed by atoms with Crippen LogP contribution in [-0.2, 0) is 16.1 Å². The standard InChI is InChI=1S/C20H18FN3O3/c1-23-18(26)14-7-3-5-9-16(14)24-17(25)10-11-20(23,24)19(27)22-12-13-6-2-4-8-15(13)21/h2-9H,10-12H2,1H3,(H,22,27)/t20-/m0/s1. The van der Waals surface area contributed by atoms with Crippen LogP contribution in [0.15, 0.2) is 48.5 Å². The first-order valence-electron chi connectivity index (χ1n) is 8.69. The number of benzene rings is 2. The Bertz CT molecular complexity index is 961. The number of carbonyl (C=O) groups is 3. The number of nitrogens with zero attached hydrogens (tertiary/aromatic N) is 2. The summed E-state index contributed by atoms with van der Waals surface area (Å²) < 4.78 is 13.9. The monoisotopic (exact) mass is 367 g/mol. The zero-order valence-corrected chi connectivity index (χ0v) is 14.7. The van der Waals surface area contributed by atoms with Gasteiger partial charge in [0.05, 0.1) is 11.3 Å². The van der Waals surface area contributed by atoms with Gasteiger partial charge in [0.1, 0.15) is 5.82 Å². The van der Waals surface area contributed by atoms with E-state index in [1.165, 1.54) is 22.9 Å². The number of amides is 3. The summed E-state index contributed by atoms with van der Waals surface area (Å²) in [6.45, 7) is -0.0288. The predicted molar refractivity (Wildman–Crippen MR) is 96.2 cm³/mol. The molecule has 0 radical (unpaired) electrons. The van der Waals surface area contributed by atoms with Crippen molar-refractivity contribution < 1.29 is 18.8 Å². The van der Waals surface area contributed by atoms with Gasteiger partial charge in [-0.25, -0.2) is 4.39 Å². The highest BCUT2D eigenvalue weighted by molar-refractivity contribution is 6.16. The summed E-state index contributed by atoms with van der Waals surface area (Å²) in [5.74, 6) is -1.46. The zero-order chi connectivity index (χ0) is 19.2. The molecular formula is C20H18FN3O3. The average Bonchev–Trinajstić information content (AvgIpc) is 3.04. The van der Waals surface area contributed by atoms with Crippen LogP contribution in [-0.4, -0.2) is 35.3 Å². The van der Waals surface area contributed by atoms with Crippen molar-refractivity contribution in [2.75, 3.05) is 11.9 Å². The lowest BCUT2D eigenvalue weighted by Crippen LogP contribution is -2.69. The molecule has 2 aromatic rings. The number of anilines is 1. The highest BCUT2D eigenvalue weighted by Crippen LogP contribution is 2.43. The van der Waals surface area contributed by atoms with Crippen molar-refractivity contribution in [1.82, 2.24) is 10.2 Å². The largest absolute Gasteiger partial charge is 0.348 e. The maximum Gasteiger partial charge on any atom is 0.267 e. The van der Waals surface area contributed by atoms with Gasteiger partial charge in [0, 0.05) is 32.0 Å². The molecular weight excluding hydrogens is 349 g/mol. The van der Waals surface area contributed by atoms with E-state index in [0.29, 0.717) is 16.8 Å². The first-order valence-corrected chi connectivity index (χ1v) is 8.69. The van der Waals surface area contributed by atoms with Crippen LogP contribution in [0.25, 0.3) is 0 Å². The molecule has 7 heteroatoms. The second-order valence-corrected chi connectivity index (χ2v) is 6.70. The molecule has 1 fully saturated rings. The zero-order valence-electron chi connectivity index (χ0n) is 14.7. The number of fused-ring (bicyclic) bond motifs is 3. The molecule has 0 bridgehead atoms. The van der Waals surface area contributed by atoms with E-state index in [-0.39, 0.29) is 31.2 Å². The first kappa shape index (κ1) is 17.2. The smallest absolute Gasteiger partial charge is 0.267 e. The summed E-state index contributed by atoms with van der Waals surface area (Å²) in [6, 6.07) is 12.9. The van der Waals surface area contributed by atoms with Crippen molar-refractivity contribution in [1.29, 1.82) is 0 Å². The molecule has 3 amide bonds. The van der Waals surface area contributed by atoms with E-state index >= 15 is 0 Å². The van der Waals surface area contributed by atoms with Crippen molar-refractivity contribution >= 4 is 23.4 Å². The summed E-state index contributed by atoms with van der Waals surface area (Å²) in [6.07, 6.45) is 0.338. The van der Waals surface area contributed by atoms with Crippen molar-refractivity contribution in [3.05, 3.63) is 65.5 Å². The number of halogens is 1. The lowest BCUT2D eigenvalue weighted by molar-refractivity contribution is -0.133. The third-order valence-electron chi connectivity index (χ3n) is 5.30. The van der Waals surface area contributed by atoms with E-state index < -0.39 is 17.4 Å². The third kappa shape index (κ3) is 2.42. The Morgan fingerprint density at radius 2 is 1.85 bits per heavy atom. The maximum atomic E-state index is 13.9. The lowest BCUT2D eigenvalue weighted by atomic mass is 9.96. The SMILES string of the molecule is CN1C(=O)c2ccccc2N2C(=O)CC[C@]12C(=O)NCc1ccccc1F. The molecule has 2 aromatic carbocycles. The lowest BCUT2D eigenvalue weighted by Gasteiger charge is -2.47. The van der Waals surface area contributed by atoms with Gasteiger partial charge in [-0.1, -0.05) is 30.3 Å². The molecule has 6 nitrogen and oxygen atoms in total. The molecule has 0 spiro atoms. The molecule has 0 aromatic heterocycles. The van der Waals surface area contributed by atoms with Gasteiger partial charge in [0.25, 0.3) is 11.8 Å². The number of hydrogen-bond acceptors (Lipinski definition) is 3. The van der Waals surface area contributed by atoms with Gasteiger partial charge < -0.3 is 10.2 Å². The summed E-state index contributed by atoms with van der Waals surface area (Å²) in [4.78, 5) is 41.4. The van der Waals surface area contributed by atoms with Gasteiger partial charge in [-0.15, -0.1) is 0 Å².